The van der Waals surface area contributed by atoms with E-state index in [0.29, 0.717) is 0 Å². The zero-order valence-electron chi connectivity index (χ0n) is 9.87. The number of halogens is 2. The topological polar surface area (TPSA) is 54.0 Å². The van der Waals surface area contributed by atoms with Gasteiger partial charge in [0.15, 0.2) is 0 Å². The van der Waals surface area contributed by atoms with Crippen molar-refractivity contribution < 1.29 is 32.5 Å². The van der Waals surface area contributed by atoms with Crippen LogP contribution in [0.1, 0.15) is 6.92 Å². The van der Waals surface area contributed by atoms with E-state index >= 15 is 0 Å². The van der Waals surface area contributed by atoms with Gasteiger partial charge in [-0.2, -0.15) is 8.78 Å². The lowest BCUT2D eigenvalue weighted by atomic mass is 10.0. The molecule has 0 rings (SSSR count). The summed E-state index contributed by atoms with van der Waals surface area (Å²) in [5.74, 6) is -7.17. The molecule has 0 aromatic rings. The van der Waals surface area contributed by atoms with Gasteiger partial charge in [-0.15, -0.1) is 0 Å². The Hall–Kier alpha value is -0.790. The SMILES string of the molecule is COC(=O)C(OC)C(F)(F)C(C)(OC)OC. The first-order valence-electron chi connectivity index (χ1n) is 4.39. The molecule has 0 N–H and O–H groups in total. The van der Waals surface area contributed by atoms with Crippen molar-refractivity contribution >= 4 is 5.97 Å². The normalized spacial score (nSPS) is 14.7. The maximum absolute atomic E-state index is 13.9. The number of hydrogen-bond donors (Lipinski definition) is 0. The van der Waals surface area contributed by atoms with Crippen LogP contribution >= 0.6 is 0 Å². The summed E-state index contributed by atoms with van der Waals surface area (Å²) >= 11 is 0. The third kappa shape index (κ3) is 2.47. The second-order valence-electron chi connectivity index (χ2n) is 3.12. The Kier molecular flexibility index (Phi) is 5.24. The largest absolute Gasteiger partial charge is 0.467 e. The Morgan fingerprint density at radius 2 is 1.56 bits per heavy atom. The summed E-state index contributed by atoms with van der Waals surface area (Å²) in [5, 5.41) is 0. The maximum atomic E-state index is 13.9. The Bertz CT molecular complexity index is 240. The first-order valence-corrected chi connectivity index (χ1v) is 4.39. The average Bonchev–Trinajstić information content (AvgIpc) is 2.27. The van der Waals surface area contributed by atoms with Crippen molar-refractivity contribution in [2.45, 2.75) is 24.7 Å². The van der Waals surface area contributed by atoms with Crippen LogP contribution in [0, 0.1) is 0 Å². The van der Waals surface area contributed by atoms with Gasteiger partial charge in [-0.05, 0) is 6.92 Å². The predicted octanol–water partition coefficient (Wildman–Crippen LogP) is 0.819. The molecule has 0 fully saturated rings. The zero-order chi connectivity index (χ0) is 13.0. The van der Waals surface area contributed by atoms with Gasteiger partial charge in [0.1, 0.15) is 0 Å². The Morgan fingerprint density at radius 3 is 1.81 bits per heavy atom. The summed E-state index contributed by atoms with van der Waals surface area (Å²) in [4.78, 5) is 11.1. The summed E-state index contributed by atoms with van der Waals surface area (Å²) in [7, 11) is 4.05. The molecule has 0 aromatic heterocycles. The molecule has 1 unspecified atom stereocenters. The van der Waals surface area contributed by atoms with Crippen LogP contribution in [0.5, 0.6) is 0 Å². The highest BCUT2D eigenvalue weighted by Crippen LogP contribution is 2.36. The third-order valence-electron chi connectivity index (χ3n) is 2.36. The van der Waals surface area contributed by atoms with Gasteiger partial charge in [-0.25, -0.2) is 4.79 Å². The quantitative estimate of drug-likeness (QED) is 0.510. The van der Waals surface area contributed by atoms with Gasteiger partial charge in [-0.1, -0.05) is 0 Å². The van der Waals surface area contributed by atoms with E-state index in [1.807, 2.05) is 0 Å². The standard InChI is InChI=1S/C9H16F2O5/c1-8(15-4,16-5)9(10,11)6(13-2)7(12)14-3/h6H,1-5H3. The lowest BCUT2D eigenvalue weighted by Crippen LogP contribution is -2.59. The van der Waals surface area contributed by atoms with Crippen LogP contribution in [-0.4, -0.2) is 52.2 Å². The van der Waals surface area contributed by atoms with Crippen LogP contribution < -0.4 is 0 Å². The number of rotatable bonds is 6. The number of esters is 1. The third-order valence-corrected chi connectivity index (χ3v) is 2.36. The van der Waals surface area contributed by atoms with Crippen molar-refractivity contribution in [3.63, 3.8) is 0 Å². The molecular formula is C9H16F2O5. The summed E-state index contributed by atoms with van der Waals surface area (Å²) in [6.45, 7) is 1.00. The monoisotopic (exact) mass is 242 g/mol. The molecule has 7 heteroatoms. The molecule has 0 aliphatic heterocycles. The lowest BCUT2D eigenvalue weighted by molar-refractivity contribution is -0.333. The van der Waals surface area contributed by atoms with E-state index in [9.17, 15) is 13.6 Å². The molecule has 0 spiro atoms. The number of alkyl halides is 2. The van der Waals surface area contributed by atoms with E-state index in [2.05, 4.69) is 18.9 Å². The fourth-order valence-electron chi connectivity index (χ4n) is 1.09. The highest BCUT2D eigenvalue weighted by molar-refractivity contribution is 5.76. The van der Waals surface area contributed by atoms with Gasteiger partial charge in [0.25, 0.3) is 0 Å². The molecule has 0 radical (unpaired) electrons. The van der Waals surface area contributed by atoms with Crippen molar-refractivity contribution in [2.24, 2.45) is 0 Å². The van der Waals surface area contributed by atoms with Gasteiger partial charge in [0.05, 0.1) is 7.11 Å². The fraction of sp³-hybridized carbons (Fsp3) is 0.889. The highest BCUT2D eigenvalue weighted by atomic mass is 19.3. The molecular weight excluding hydrogens is 226 g/mol. The van der Waals surface area contributed by atoms with Gasteiger partial charge < -0.3 is 18.9 Å². The molecule has 0 aliphatic rings. The first-order chi connectivity index (χ1) is 7.30. The van der Waals surface area contributed by atoms with Crippen molar-refractivity contribution in [1.29, 1.82) is 0 Å². The summed E-state index contributed by atoms with van der Waals surface area (Å²) in [6, 6.07) is 0. The number of hydrogen-bond acceptors (Lipinski definition) is 5. The van der Waals surface area contributed by atoms with Crippen LogP contribution in [0.2, 0.25) is 0 Å². The molecule has 1 atom stereocenters. The maximum Gasteiger partial charge on any atom is 0.341 e. The molecule has 5 nitrogen and oxygen atoms in total. The van der Waals surface area contributed by atoms with E-state index in [1.54, 1.807) is 0 Å². The van der Waals surface area contributed by atoms with E-state index in [0.717, 1.165) is 35.4 Å². The molecule has 0 aromatic carbocycles. The number of methoxy groups -OCH3 is 4. The minimum Gasteiger partial charge on any atom is -0.467 e. The molecule has 0 saturated carbocycles. The van der Waals surface area contributed by atoms with Crippen molar-refractivity contribution in [1.82, 2.24) is 0 Å². The summed E-state index contributed by atoms with van der Waals surface area (Å²) in [5.41, 5.74) is 0. The van der Waals surface area contributed by atoms with Gasteiger partial charge in [-0.3, -0.25) is 0 Å². The van der Waals surface area contributed by atoms with E-state index in [1.165, 1.54) is 0 Å². The molecule has 0 aliphatic carbocycles. The van der Waals surface area contributed by atoms with Crippen LogP contribution in [0.3, 0.4) is 0 Å². The Morgan fingerprint density at radius 1 is 1.12 bits per heavy atom. The van der Waals surface area contributed by atoms with Crippen LogP contribution in [-0.2, 0) is 23.7 Å². The average molecular weight is 242 g/mol. The molecule has 0 bridgehead atoms. The van der Waals surface area contributed by atoms with Crippen molar-refractivity contribution in [3.05, 3.63) is 0 Å². The van der Waals surface area contributed by atoms with Crippen LogP contribution in [0.25, 0.3) is 0 Å². The number of carbonyl (C=O) groups is 1. The van der Waals surface area contributed by atoms with Crippen LogP contribution in [0.15, 0.2) is 0 Å². The molecule has 0 saturated heterocycles. The predicted molar refractivity (Wildman–Crippen MR) is 50.2 cm³/mol. The van der Waals surface area contributed by atoms with Gasteiger partial charge >= 0.3 is 11.9 Å². The van der Waals surface area contributed by atoms with Crippen molar-refractivity contribution in [2.75, 3.05) is 28.4 Å². The Labute approximate surface area is 92.6 Å². The van der Waals surface area contributed by atoms with Crippen molar-refractivity contribution in [3.8, 4) is 0 Å². The summed E-state index contributed by atoms with van der Waals surface area (Å²) in [6.07, 6.45) is -2.10. The first kappa shape index (κ1) is 15.2. The number of ether oxygens (including phenoxy) is 4. The smallest absolute Gasteiger partial charge is 0.341 e. The second-order valence-corrected chi connectivity index (χ2v) is 3.12. The van der Waals surface area contributed by atoms with Gasteiger partial charge in [0.2, 0.25) is 11.9 Å². The fourth-order valence-corrected chi connectivity index (χ4v) is 1.09. The number of carbonyl (C=O) groups excluding carboxylic acids is 1. The van der Waals surface area contributed by atoms with Gasteiger partial charge in [0, 0.05) is 21.3 Å². The minimum atomic E-state index is -3.70. The molecule has 16 heavy (non-hydrogen) atoms. The molecule has 0 heterocycles. The highest BCUT2D eigenvalue weighted by Gasteiger charge is 2.61. The summed E-state index contributed by atoms with van der Waals surface area (Å²) < 4.78 is 45.6. The lowest BCUT2D eigenvalue weighted by Gasteiger charge is -2.37. The molecule has 96 valence electrons. The minimum absolute atomic E-state index is 0.973. The Balaban J connectivity index is 5.20. The molecule has 0 amide bonds. The second kappa shape index (κ2) is 5.51. The van der Waals surface area contributed by atoms with Crippen LogP contribution in [0.4, 0.5) is 8.78 Å². The van der Waals surface area contributed by atoms with E-state index < -0.39 is 23.8 Å². The zero-order valence-corrected chi connectivity index (χ0v) is 9.87. The van der Waals surface area contributed by atoms with E-state index in [4.69, 9.17) is 0 Å². The van der Waals surface area contributed by atoms with E-state index in [-0.39, 0.29) is 0 Å².